The Morgan fingerprint density at radius 3 is 1.96 bits per heavy atom. The minimum absolute atomic E-state index is 0.414. The van der Waals surface area contributed by atoms with Crippen molar-refractivity contribution in [3.05, 3.63) is 24.4 Å². The number of hydrogen-bond donors (Lipinski definition) is 0. The minimum Gasteiger partial charge on any atom is -0.353 e. The summed E-state index contributed by atoms with van der Waals surface area (Å²) in [5, 5.41) is 0. The molecule has 0 N–H and O–H groups in total. The van der Waals surface area contributed by atoms with Crippen LogP contribution in [0.4, 0.5) is 5.82 Å². The number of amides is 3. The molecule has 0 atom stereocenters. The SMILES string of the molecule is O=CN1CCN(C(=O)C(=O)N2CCN(c3ccccn3)CC2)CC1. The van der Waals surface area contributed by atoms with Crippen LogP contribution in [-0.4, -0.2) is 90.3 Å². The van der Waals surface area contributed by atoms with E-state index in [0.29, 0.717) is 52.4 Å². The number of piperazine rings is 2. The number of carbonyl (C=O) groups excluding carboxylic acids is 3. The van der Waals surface area contributed by atoms with Crippen molar-refractivity contribution in [2.45, 2.75) is 0 Å². The molecule has 1 aromatic heterocycles. The first-order valence-corrected chi connectivity index (χ1v) is 8.12. The van der Waals surface area contributed by atoms with Gasteiger partial charge in [0.05, 0.1) is 0 Å². The zero-order chi connectivity index (χ0) is 16.9. The summed E-state index contributed by atoms with van der Waals surface area (Å²) in [4.78, 5) is 46.6. The molecule has 8 heteroatoms. The van der Waals surface area contributed by atoms with Crippen molar-refractivity contribution in [3.63, 3.8) is 0 Å². The molecule has 3 heterocycles. The first kappa shape index (κ1) is 16.2. The summed E-state index contributed by atoms with van der Waals surface area (Å²) in [6, 6.07) is 5.74. The second-order valence-corrected chi connectivity index (χ2v) is 5.90. The first-order chi connectivity index (χ1) is 11.7. The predicted octanol–water partition coefficient (Wildman–Crippen LogP) is -0.969. The molecule has 0 spiro atoms. The largest absolute Gasteiger partial charge is 0.353 e. The molecule has 0 saturated carbocycles. The molecular formula is C16H21N5O3. The van der Waals surface area contributed by atoms with E-state index in [4.69, 9.17) is 0 Å². The monoisotopic (exact) mass is 331 g/mol. The van der Waals surface area contributed by atoms with Gasteiger partial charge in [0, 0.05) is 58.6 Å². The van der Waals surface area contributed by atoms with Crippen molar-refractivity contribution in [1.82, 2.24) is 19.7 Å². The fourth-order valence-corrected chi connectivity index (χ4v) is 2.98. The maximum absolute atomic E-state index is 12.4. The molecule has 1 aromatic rings. The van der Waals surface area contributed by atoms with Gasteiger partial charge in [-0.15, -0.1) is 0 Å². The Bertz CT molecular complexity index is 593. The van der Waals surface area contributed by atoms with Gasteiger partial charge >= 0.3 is 11.8 Å². The lowest BCUT2D eigenvalue weighted by molar-refractivity contribution is -0.153. The highest BCUT2D eigenvalue weighted by atomic mass is 16.2. The lowest BCUT2D eigenvalue weighted by Gasteiger charge is -2.37. The quantitative estimate of drug-likeness (QED) is 0.515. The summed E-state index contributed by atoms with van der Waals surface area (Å²) in [6.07, 6.45) is 2.52. The van der Waals surface area contributed by atoms with Crippen LogP contribution in [0.2, 0.25) is 0 Å². The Kier molecular flexibility index (Phi) is 4.93. The number of anilines is 1. The molecule has 3 rings (SSSR count). The van der Waals surface area contributed by atoms with Gasteiger partial charge in [-0.1, -0.05) is 6.07 Å². The third-order valence-corrected chi connectivity index (χ3v) is 4.47. The van der Waals surface area contributed by atoms with Crippen LogP contribution < -0.4 is 4.90 Å². The fraction of sp³-hybridized carbons (Fsp3) is 0.500. The number of hydrogen-bond acceptors (Lipinski definition) is 5. The number of nitrogens with zero attached hydrogens (tertiary/aromatic N) is 5. The molecule has 2 aliphatic rings. The van der Waals surface area contributed by atoms with Crippen LogP contribution in [0.25, 0.3) is 0 Å². The van der Waals surface area contributed by atoms with E-state index in [0.717, 1.165) is 12.2 Å². The third-order valence-electron chi connectivity index (χ3n) is 4.47. The highest BCUT2D eigenvalue weighted by molar-refractivity contribution is 6.35. The molecule has 8 nitrogen and oxygen atoms in total. The van der Waals surface area contributed by atoms with Crippen molar-refractivity contribution >= 4 is 24.0 Å². The molecule has 3 amide bonds. The number of aromatic nitrogens is 1. The van der Waals surface area contributed by atoms with Crippen molar-refractivity contribution in [3.8, 4) is 0 Å². The van der Waals surface area contributed by atoms with Gasteiger partial charge in [-0.2, -0.15) is 0 Å². The van der Waals surface area contributed by atoms with E-state index in [9.17, 15) is 14.4 Å². The molecule has 2 fully saturated rings. The van der Waals surface area contributed by atoms with E-state index in [-0.39, 0.29) is 0 Å². The normalized spacial score (nSPS) is 18.5. The first-order valence-electron chi connectivity index (χ1n) is 8.12. The van der Waals surface area contributed by atoms with E-state index in [2.05, 4.69) is 9.88 Å². The zero-order valence-corrected chi connectivity index (χ0v) is 13.5. The zero-order valence-electron chi connectivity index (χ0n) is 13.5. The van der Waals surface area contributed by atoms with E-state index < -0.39 is 11.8 Å². The Labute approximate surface area is 140 Å². The summed E-state index contributed by atoms with van der Waals surface area (Å²) < 4.78 is 0. The van der Waals surface area contributed by atoms with Gasteiger partial charge in [-0.05, 0) is 12.1 Å². The van der Waals surface area contributed by atoms with Gasteiger partial charge in [0.25, 0.3) is 0 Å². The van der Waals surface area contributed by atoms with Crippen molar-refractivity contribution in [1.29, 1.82) is 0 Å². The molecule has 128 valence electrons. The van der Waals surface area contributed by atoms with Crippen LogP contribution in [0, 0.1) is 0 Å². The van der Waals surface area contributed by atoms with Gasteiger partial charge in [-0.3, -0.25) is 14.4 Å². The van der Waals surface area contributed by atoms with Crippen LogP contribution in [0.3, 0.4) is 0 Å². The topological polar surface area (TPSA) is 77.1 Å². The Morgan fingerprint density at radius 2 is 1.46 bits per heavy atom. The van der Waals surface area contributed by atoms with Crippen molar-refractivity contribution < 1.29 is 14.4 Å². The highest BCUT2D eigenvalue weighted by Gasteiger charge is 2.31. The summed E-state index contributed by atoms with van der Waals surface area (Å²) in [6.45, 7) is 4.13. The van der Waals surface area contributed by atoms with E-state index >= 15 is 0 Å². The van der Waals surface area contributed by atoms with Crippen LogP contribution >= 0.6 is 0 Å². The molecule has 24 heavy (non-hydrogen) atoms. The van der Waals surface area contributed by atoms with Crippen LogP contribution in [0.5, 0.6) is 0 Å². The smallest absolute Gasteiger partial charge is 0.312 e. The van der Waals surface area contributed by atoms with Crippen molar-refractivity contribution in [2.24, 2.45) is 0 Å². The van der Waals surface area contributed by atoms with Gasteiger partial charge in [0.2, 0.25) is 6.41 Å². The van der Waals surface area contributed by atoms with E-state index in [1.165, 1.54) is 4.90 Å². The summed E-state index contributed by atoms with van der Waals surface area (Å²) in [5.41, 5.74) is 0. The number of rotatable bonds is 2. The number of carbonyl (C=O) groups is 3. The molecule has 2 aliphatic heterocycles. The van der Waals surface area contributed by atoms with Gasteiger partial charge in [0.15, 0.2) is 0 Å². The Hall–Kier alpha value is -2.64. The predicted molar refractivity (Wildman–Crippen MR) is 87.2 cm³/mol. The summed E-state index contributed by atoms with van der Waals surface area (Å²) >= 11 is 0. The third kappa shape index (κ3) is 3.47. The Morgan fingerprint density at radius 1 is 0.875 bits per heavy atom. The molecular weight excluding hydrogens is 310 g/mol. The van der Waals surface area contributed by atoms with Gasteiger partial charge in [0.1, 0.15) is 5.82 Å². The lowest BCUT2D eigenvalue weighted by Crippen LogP contribution is -2.56. The molecule has 0 unspecified atom stereocenters. The maximum atomic E-state index is 12.4. The molecule has 2 saturated heterocycles. The van der Waals surface area contributed by atoms with Gasteiger partial charge in [-0.25, -0.2) is 4.98 Å². The minimum atomic E-state index is -0.466. The second kappa shape index (κ2) is 7.29. The average molecular weight is 331 g/mol. The second-order valence-electron chi connectivity index (χ2n) is 5.90. The standard InChI is InChI=1S/C16H21N5O3/c22-13-18-5-7-20(8-6-18)15(23)16(24)21-11-9-19(10-12-21)14-3-1-2-4-17-14/h1-4,13H,5-12H2. The lowest BCUT2D eigenvalue weighted by atomic mass is 10.2. The number of pyridine rings is 1. The summed E-state index contributed by atoms with van der Waals surface area (Å²) in [7, 11) is 0. The highest BCUT2D eigenvalue weighted by Crippen LogP contribution is 2.13. The van der Waals surface area contributed by atoms with Crippen LogP contribution in [-0.2, 0) is 14.4 Å². The fourth-order valence-electron chi connectivity index (χ4n) is 2.98. The van der Waals surface area contributed by atoms with Crippen LogP contribution in [0.1, 0.15) is 0 Å². The summed E-state index contributed by atoms with van der Waals surface area (Å²) in [5.74, 6) is -0.0250. The van der Waals surface area contributed by atoms with Gasteiger partial charge < -0.3 is 19.6 Å². The molecule has 0 radical (unpaired) electrons. The van der Waals surface area contributed by atoms with E-state index in [1.54, 1.807) is 16.0 Å². The van der Waals surface area contributed by atoms with E-state index in [1.807, 2.05) is 18.2 Å². The molecule has 0 aromatic carbocycles. The Balaban J connectivity index is 1.51. The molecule has 0 aliphatic carbocycles. The molecule has 0 bridgehead atoms. The maximum Gasteiger partial charge on any atom is 0.312 e. The van der Waals surface area contributed by atoms with Crippen LogP contribution in [0.15, 0.2) is 24.4 Å². The average Bonchev–Trinajstić information content (AvgIpc) is 2.68. The van der Waals surface area contributed by atoms with Crippen molar-refractivity contribution in [2.75, 3.05) is 57.3 Å².